The molecule has 6 heteroatoms. The van der Waals surface area contributed by atoms with E-state index in [1.807, 2.05) is 0 Å². The molecule has 0 aliphatic carbocycles. The third-order valence-corrected chi connectivity index (χ3v) is 2.42. The van der Waals surface area contributed by atoms with Gasteiger partial charge in [0, 0.05) is 0 Å². The molecule has 1 N–H and O–H groups in total. The van der Waals surface area contributed by atoms with Crippen LogP contribution in [0.1, 0.15) is 17.3 Å². The second-order valence-electron chi connectivity index (χ2n) is 2.52. The number of esters is 1. The van der Waals surface area contributed by atoms with E-state index >= 15 is 0 Å². The summed E-state index contributed by atoms with van der Waals surface area (Å²) in [6.45, 7) is 2.39. The maximum atomic E-state index is 11.3. The molecule has 0 amide bonds. The topological polar surface area (TPSA) is 64.3 Å². The molecule has 1 heterocycles. The van der Waals surface area contributed by atoms with Gasteiger partial charge >= 0.3 is 5.97 Å². The zero-order valence-electron chi connectivity index (χ0n) is 7.73. The Morgan fingerprint density at radius 3 is 3.07 bits per heavy atom. The van der Waals surface area contributed by atoms with Gasteiger partial charge in [-0.3, -0.25) is 4.68 Å². The van der Waals surface area contributed by atoms with Gasteiger partial charge in [-0.05, 0) is 22.9 Å². The van der Waals surface area contributed by atoms with Gasteiger partial charge in [0.25, 0.3) is 0 Å². The maximum absolute atomic E-state index is 11.3. The third-order valence-electron chi connectivity index (χ3n) is 1.58. The van der Waals surface area contributed by atoms with E-state index in [9.17, 15) is 4.79 Å². The van der Waals surface area contributed by atoms with Gasteiger partial charge in [-0.15, -0.1) is 0 Å². The molecule has 0 saturated carbocycles. The van der Waals surface area contributed by atoms with E-state index in [0.717, 1.165) is 0 Å². The summed E-state index contributed by atoms with van der Waals surface area (Å²) < 4.78 is 6.84. The highest BCUT2D eigenvalue weighted by molar-refractivity contribution is 9.10. The molecule has 0 aromatic carbocycles. The van der Waals surface area contributed by atoms with Crippen molar-refractivity contribution < 1.29 is 14.6 Å². The Bertz CT molecular complexity index is 324. The second kappa shape index (κ2) is 5.11. The lowest BCUT2D eigenvalue weighted by Crippen LogP contribution is -2.07. The Hall–Kier alpha value is -0.880. The molecular weight excluding hydrogens is 252 g/mol. The molecule has 0 spiro atoms. The number of halogens is 1. The van der Waals surface area contributed by atoms with E-state index in [4.69, 9.17) is 9.84 Å². The lowest BCUT2D eigenvalue weighted by molar-refractivity contribution is 0.0525. The van der Waals surface area contributed by atoms with E-state index in [1.54, 1.807) is 6.92 Å². The molecule has 78 valence electrons. The summed E-state index contributed by atoms with van der Waals surface area (Å²) >= 11 is 3.21. The summed E-state index contributed by atoms with van der Waals surface area (Å²) in [6, 6.07) is 0. The van der Waals surface area contributed by atoms with Crippen LogP contribution >= 0.6 is 15.9 Å². The molecule has 1 rings (SSSR count). The van der Waals surface area contributed by atoms with Crippen molar-refractivity contribution in [2.24, 2.45) is 0 Å². The summed E-state index contributed by atoms with van der Waals surface area (Å²) in [5.41, 5.74) is 0.375. The number of aromatic nitrogens is 2. The van der Waals surface area contributed by atoms with Crippen molar-refractivity contribution in [3.05, 3.63) is 16.4 Å². The van der Waals surface area contributed by atoms with Crippen molar-refractivity contribution in [2.75, 3.05) is 13.2 Å². The van der Waals surface area contributed by atoms with Crippen LogP contribution in [-0.4, -0.2) is 34.1 Å². The molecule has 0 fully saturated rings. The highest BCUT2D eigenvalue weighted by atomic mass is 79.9. The van der Waals surface area contributed by atoms with E-state index in [2.05, 4.69) is 21.0 Å². The number of aliphatic hydroxyl groups excluding tert-OH is 1. The number of nitrogens with zero attached hydrogens (tertiary/aromatic N) is 2. The summed E-state index contributed by atoms with van der Waals surface area (Å²) in [5.74, 6) is -0.413. The fourth-order valence-electron chi connectivity index (χ4n) is 0.967. The van der Waals surface area contributed by atoms with Gasteiger partial charge in [0.05, 0.1) is 26.0 Å². The number of carbonyl (C=O) groups is 1. The Morgan fingerprint density at radius 2 is 2.50 bits per heavy atom. The minimum Gasteiger partial charge on any atom is -0.462 e. The monoisotopic (exact) mass is 262 g/mol. The van der Waals surface area contributed by atoms with Crippen molar-refractivity contribution in [3.63, 3.8) is 0 Å². The molecule has 0 aliphatic rings. The van der Waals surface area contributed by atoms with Gasteiger partial charge in [-0.2, -0.15) is 5.10 Å². The van der Waals surface area contributed by atoms with Gasteiger partial charge < -0.3 is 9.84 Å². The van der Waals surface area contributed by atoms with Gasteiger partial charge in [-0.25, -0.2) is 4.79 Å². The van der Waals surface area contributed by atoms with Crippen molar-refractivity contribution in [1.29, 1.82) is 0 Å². The molecule has 1 aromatic heterocycles. The summed E-state index contributed by atoms with van der Waals surface area (Å²) in [5, 5.41) is 12.6. The first-order chi connectivity index (χ1) is 6.70. The van der Waals surface area contributed by atoms with Crippen molar-refractivity contribution in [2.45, 2.75) is 13.5 Å². The van der Waals surface area contributed by atoms with Crippen LogP contribution in [0.25, 0.3) is 0 Å². The predicted octanol–water partition coefficient (Wildman–Crippen LogP) is 0.815. The Kier molecular flexibility index (Phi) is 4.09. The standard InChI is InChI=1S/C8H11BrN2O3/c1-2-14-8(13)6-5-10-11(3-4-12)7(6)9/h5,12H,2-4H2,1H3. The fraction of sp³-hybridized carbons (Fsp3) is 0.500. The lowest BCUT2D eigenvalue weighted by atomic mass is 10.4. The molecular formula is C8H11BrN2O3. The quantitative estimate of drug-likeness (QED) is 0.816. The first kappa shape index (κ1) is 11.2. The highest BCUT2D eigenvalue weighted by Gasteiger charge is 2.15. The normalized spacial score (nSPS) is 10.2. The van der Waals surface area contributed by atoms with Crippen LogP contribution < -0.4 is 0 Å². The van der Waals surface area contributed by atoms with E-state index in [1.165, 1.54) is 10.9 Å². The van der Waals surface area contributed by atoms with Crippen LogP contribution in [0.4, 0.5) is 0 Å². The number of carbonyl (C=O) groups excluding carboxylic acids is 1. The molecule has 0 atom stereocenters. The van der Waals surface area contributed by atoms with Gasteiger partial charge in [0.1, 0.15) is 10.2 Å². The van der Waals surface area contributed by atoms with Gasteiger partial charge in [0.15, 0.2) is 0 Å². The zero-order chi connectivity index (χ0) is 10.6. The first-order valence-corrected chi connectivity index (χ1v) is 4.99. The molecule has 5 nitrogen and oxygen atoms in total. The molecule has 0 bridgehead atoms. The molecule has 0 radical (unpaired) electrons. The highest BCUT2D eigenvalue weighted by Crippen LogP contribution is 2.16. The largest absolute Gasteiger partial charge is 0.462 e. The van der Waals surface area contributed by atoms with Crippen molar-refractivity contribution in [3.8, 4) is 0 Å². The average Bonchev–Trinajstić information content (AvgIpc) is 2.49. The summed E-state index contributed by atoms with van der Waals surface area (Å²) in [6.07, 6.45) is 1.41. The summed E-state index contributed by atoms with van der Waals surface area (Å²) in [4.78, 5) is 11.3. The van der Waals surface area contributed by atoms with Crippen LogP contribution in [-0.2, 0) is 11.3 Å². The Morgan fingerprint density at radius 1 is 1.79 bits per heavy atom. The number of rotatable bonds is 4. The molecule has 0 unspecified atom stereocenters. The SMILES string of the molecule is CCOC(=O)c1cnn(CCO)c1Br. The average molecular weight is 263 g/mol. The minimum atomic E-state index is -0.413. The number of hydrogen-bond donors (Lipinski definition) is 1. The van der Waals surface area contributed by atoms with Crippen LogP contribution in [0.5, 0.6) is 0 Å². The fourth-order valence-corrected chi connectivity index (χ4v) is 1.50. The van der Waals surface area contributed by atoms with E-state index in [0.29, 0.717) is 23.3 Å². The van der Waals surface area contributed by atoms with Crippen molar-refractivity contribution in [1.82, 2.24) is 9.78 Å². The minimum absolute atomic E-state index is 0.0253. The zero-order valence-corrected chi connectivity index (χ0v) is 9.32. The number of hydrogen-bond acceptors (Lipinski definition) is 4. The van der Waals surface area contributed by atoms with Crippen LogP contribution in [0.2, 0.25) is 0 Å². The smallest absolute Gasteiger partial charge is 0.342 e. The van der Waals surface area contributed by atoms with E-state index < -0.39 is 5.97 Å². The van der Waals surface area contributed by atoms with Crippen LogP contribution in [0.15, 0.2) is 10.8 Å². The molecule has 1 aromatic rings. The van der Waals surface area contributed by atoms with Crippen LogP contribution in [0.3, 0.4) is 0 Å². The predicted molar refractivity (Wildman–Crippen MR) is 53.0 cm³/mol. The van der Waals surface area contributed by atoms with Gasteiger partial charge in [0.2, 0.25) is 0 Å². The van der Waals surface area contributed by atoms with Crippen LogP contribution in [0, 0.1) is 0 Å². The Labute approximate surface area is 89.8 Å². The first-order valence-electron chi connectivity index (χ1n) is 4.20. The molecule has 14 heavy (non-hydrogen) atoms. The second-order valence-corrected chi connectivity index (χ2v) is 3.27. The van der Waals surface area contributed by atoms with Crippen molar-refractivity contribution >= 4 is 21.9 Å². The molecule has 0 saturated heterocycles. The maximum Gasteiger partial charge on any atom is 0.342 e. The number of ether oxygens (including phenoxy) is 1. The lowest BCUT2D eigenvalue weighted by Gasteiger charge is -2.01. The third kappa shape index (κ3) is 2.33. The Balaban J connectivity index is 2.83. The molecule has 0 aliphatic heterocycles. The van der Waals surface area contributed by atoms with Gasteiger partial charge in [-0.1, -0.05) is 0 Å². The van der Waals surface area contributed by atoms with E-state index in [-0.39, 0.29) is 6.61 Å². The summed E-state index contributed by atoms with van der Waals surface area (Å²) in [7, 11) is 0. The number of aliphatic hydroxyl groups is 1.